The molecule has 1 heterocycles. The minimum atomic E-state index is 0.316. The van der Waals surface area contributed by atoms with Crippen LogP contribution >= 0.6 is 27.7 Å². The highest BCUT2D eigenvalue weighted by atomic mass is 79.9. The van der Waals surface area contributed by atoms with Crippen molar-refractivity contribution in [3.63, 3.8) is 0 Å². The van der Waals surface area contributed by atoms with Gasteiger partial charge in [0.2, 0.25) is 0 Å². The lowest BCUT2D eigenvalue weighted by Crippen LogP contribution is -2.13. The van der Waals surface area contributed by atoms with Gasteiger partial charge in [-0.2, -0.15) is 0 Å². The highest BCUT2D eigenvalue weighted by Gasteiger charge is 2.11. The number of benzene rings is 1. The van der Waals surface area contributed by atoms with Crippen molar-refractivity contribution in [2.75, 3.05) is 7.05 Å². The molecule has 0 aliphatic heterocycles. The fraction of sp³-hybridized carbons (Fsp3) is 0.312. The van der Waals surface area contributed by atoms with E-state index in [1.807, 2.05) is 14.0 Å². The topological polar surface area (TPSA) is 24.9 Å². The van der Waals surface area contributed by atoms with Gasteiger partial charge in [0.25, 0.3) is 0 Å². The fourth-order valence-corrected chi connectivity index (χ4v) is 3.80. The van der Waals surface area contributed by atoms with Crippen molar-refractivity contribution in [1.29, 1.82) is 0 Å². The van der Waals surface area contributed by atoms with Gasteiger partial charge in [0.05, 0.1) is 0 Å². The van der Waals surface area contributed by atoms with E-state index < -0.39 is 0 Å². The molecule has 1 N–H and O–H groups in total. The second-order valence-electron chi connectivity index (χ2n) is 4.92. The van der Waals surface area contributed by atoms with Gasteiger partial charge in [0, 0.05) is 21.1 Å². The maximum absolute atomic E-state index is 4.61. The number of nitrogens with one attached hydrogen (secondary N) is 1. The van der Waals surface area contributed by atoms with Crippen molar-refractivity contribution >= 4 is 27.7 Å². The van der Waals surface area contributed by atoms with Crippen LogP contribution in [0.1, 0.15) is 29.8 Å². The molecule has 106 valence electrons. The van der Waals surface area contributed by atoms with E-state index in [0.717, 1.165) is 15.2 Å². The summed E-state index contributed by atoms with van der Waals surface area (Å²) in [5, 5.41) is 4.35. The molecule has 0 aliphatic rings. The van der Waals surface area contributed by atoms with Crippen LogP contribution in [0.2, 0.25) is 0 Å². The molecule has 20 heavy (non-hydrogen) atoms. The zero-order valence-corrected chi connectivity index (χ0v) is 14.6. The molecular weight excluding hydrogens is 332 g/mol. The third-order valence-corrected chi connectivity index (χ3v) is 4.65. The van der Waals surface area contributed by atoms with Crippen LogP contribution in [0, 0.1) is 13.8 Å². The number of hydrogen-bond acceptors (Lipinski definition) is 3. The molecule has 0 saturated carbocycles. The minimum absolute atomic E-state index is 0.316. The predicted octanol–water partition coefficient (Wildman–Crippen LogP) is 4.89. The Bertz CT molecular complexity index is 593. The standard InChI is InChI=1S/C16H19BrN2S/c1-10-7-11(2)19-16(8-10)20-15-9-13(17)5-6-14(15)12(3)18-4/h5-9,12,18H,1-4H3. The Morgan fingerprint density at radius 2 is 1.95 bits per heavy atom. The van der Waals surface area contributed by atoms with Crippen molar-refractivity contribution in [3.8, 4) is 0 Å². The Hall–Kier alpha value is -0.840. The zero-order valence-electron chi connectivity index (χ0n) is 12.2. The molecule has 1 aromatic carbocycles. The first kappa shape index (κ1) is 15.5. The van der Waals surface area contributed by atoms with Gasteiger partial charge in [0.15, 0.2) is 0 Å². The first-order chi connectivity index (χ1) is 9.49. The van der Waals surface area contributed by atoms with Crippen molar-refractivity contribution in [1.82, 2.24) is 10.3 Å². The Balaban J connectivity index is 2.39. The summed E-state index contributed by atoms with van der Waals surface area (Å²) >= 11 is 5.27. The molecule has 2 rings (SSSR count). The molecule has 1 atom stereocenters. The molecule has 0 fully saturated rings. The van der Waals surface area contributed by atoms with Crippen LogP contribution in [-0.2, 0) is 0 Å². The first-order valence-electron chi connectivity index (χ1n) is 6.59. The zero-order chi connectivity index (χ0) is 14.7. The summed E-state index contributed by atoms with van der Waals surface area (Å²) in [7, 11) is 1.98. The molecule has 0 radical (unpaired) electrons. The molecular formula is C16H19BrN2S. The lowest BCUT2D eigenvalue weighted by molar-refractivity contribution is 0.641. The second kappa shape index (κ2) is 6.74. The first-order valence-corrected chi connectivity index (χ1v) is 8.20. The minimum Gasteiger partial charge on any atom is -0.313 e. The van der Waals surface area contributed by atoms with Crippen LogP contribution in [0.5, 0.6) is 0 Å². The van der Waals surface area contributed by atoms with Gasteiger partial charge < -0.3 is 5.32 Å². The largest absolute Gasteiger partial charge is 0.313 e. The SMILES string of the molecule is CNC(C)c1ccc(Br)cc1Sc1cc(C)cc(C)n1. The number of pyridine rings is 1. The number of halogens is 1. The van der Waals surface area contributed by atoms with Crippen molar-refractivity contribution in [2.45, 2.75) is 36.7 Å². The van der Waals surface area contributed by atoms with Gasteiger partial charge >= 0.3 is 0 Å². The Morgan fingerprint density at radius 3 is 2.60 bits per heavy atom. The maximum Gasteiger partial charge on any atom is 0.101 e. The Kier molecular flexibility index (Phi) is 5.24. The summed E-state index contributed by atoms with van der Waals surface area (Å²) < 4.78 is 1.09. The molecule has 0 amide bonds. The summed E-state index contributed by atoms with van der Waals surface area (Å²) in [6, 6.07) is 11.0. The van der Waals surface area contributed by atoms with E-state index in [2.05, 4.69) is 70.4 Å². The number of aromatic nitrogens is 1. The third kappa shape index (κ3) is 3.84. The smallest absolute Gasteiger partial charge is 0.101 e. The van der Waals surface area contributed by atoms with E-state index in [1.54, 1.807) is 11.8 Å². The van der Waals surface area contributed by atoms with E-state index in [4.69, 9.17) is 0 Å². The molecule has 0 spiro atoms. The summed E-state index contributed by atoms with van der Waals surface area (Å²) in [5.74, 6) is 0. The molecule has 2 nitrogen and oxygen atoms in total. The summed E-state index contributed by atoms with van der Waals surface area (Å²) in [4.78, 5) is 5.85. The van der Waals surface area contributed by atoms with Crippen molar-refractivity contribution in [2.24, 2.45) is 0 Å². The van der Waals surface area contributed by atoms with Gasteiger partial charge in [-0.1, -0.05) is 33.8 Å². The van der Waals surface area contributed by atoms with Gasteiger partial charge in [-0.15, -0.1) is 0 Å². The molecule has 4 heteroatoms. The van der Waals surface area contributed by atoms with Crippen molar-refractivity contribution < 1.29 is 0 Å². The van der Waals surface area contributed by atoms with Gasteiger partial charge in [0.1, 0.15) is 5.03 Å². The van der Waals surface area contributed by atoms with Crippen LogP contribution in [-0.4, -0.2) is 12.0 Å². The van der Waals surface area contributed by atoms with E-state index in [1.165, 1.54) is 16.0 Å². The number of hydrogen-bond donors (Lipinski definition) is 1. The highest BCUT2D eigenvalue weighted by Crippen LogP contribution is 2.34. The number of nitrogens with zero attached hydrogens (tertiary/aromatic N) is 1. The van der Waals surface area contributed by atoms with E-state index in [0.29, 0.717) is 6.04 Å². The lowest BCUT2D eigenvalue weighted by Gasteiger charge is -2.16. The van der Waals surface area contributed by atoms with Crippen LogP contribution in [0.4, 0.5) is 0 Å². The van der Waals surface area contributed by atoms with E-state index in [-0.39, 0.29) is 0 Å². The molecule has 0 aliphatic carbocycles. The average Bonchev–Trinajstić information content (AvgIpc) is 2.37. The van der Waals surface area contributed by atoms with Gasteiger partial charge in [-0.25, -0.2) is 4.98 Å². The predicted molar refractivity (Wildman–Crippen MR) is 89.5 cm³/mol. The fourth-order valence-electron chi connectivity index (χ4n) is 2.08. The quantitative estimate of drug-likeness (QED) is 0.849. The summed E-state index contributed by atoms with van der Waals surface area (Å²) in [5.41, 5.74) is 3.60. The summed E-state index contributed by atoms with van der Waals surface area (Å²) in [6.07, 6.45) is 0. The second-order valence-corrected chi connectivity index (χ2v) is 6.90. The van der Waals surface area contributed by atoms with Crippen LogP contribution in [0.25, 0.3) is 0 Å². The Morgan fingerprint density at radius 1 is 1.20 bits per heavy atom. The van der Waals surface area contributed by atoms with E-state index in [9.17, 15) is 0 Å². The summed E-state index contributed by atoms with van der Waals surface area (Å²) in [6.45, 7) is 6.31. The number of aryl methyl sites for hydroxylation is 2. The molecule has 0 saturated heterocycles. The van der Waals surface area contributed by atoms with E-state index >= 15 is 0 Å². The van der Waals surface area contributed by atoms with Crippen LogP contribution in [0.15, 0.2) is 44.7 Å². The van der Waals surface area contributed by atoms with Crippen LogP contribution in [0.3, 0.4) is 0 Å². The highest BCUT2D eigenvalue weighted by molar-refractivity contribution is 9.10. The maximum atomic E-state index is 4.61. The van der Waals surface area contributed by atoms with Gasteiger partial charge in [-0.05, 0) is 63.2 Å². The normalized spacial score (nSPS) is 12.4. The number of rotatable bonds is 4. The average molecular weight is 351 g/mol. The van der Waals surface area contributed by atoms with Gasteiger partial charge in [-0.3, -0.25) is 0 Å². The molecule has 2 aromatic rings. The van der Waals surface area contributed by atoms with Crippen LogP contribution < -0.4 is 5.32 Å². The molecule has 1 unspecified atom stereocenters. The third-order valence-electron chi connectivity index (χ3n) is 3.16. The van der Waals surface area contributed by atoms with Crippen molar-refractivity contribution in [3.05, 3.63) is 51.6 Å². The Labute approximate surface area is 133 Å². The molecule has 0 bridgehead atoms. The lowest BCUT2D eigenvalue weighted by atomic mass is 10.1. The molecule has 1 aromatic heterocycles. The monoisotopic (exact) mass is 350 g/mol.